The van der Waals surface area contributed by atoms with Crippen LogP contribution in [0.1, 0.15) is 12.6 Å². The fourth-order valence-corrected chi connectivity index (χ4v) is 3.57. The van der Waals surface area contributed by atoms with Crippen molar-refractivity contribution in [2.75, 3.05) is 0 Å². The first-order valence-electron chi connectivity index (χ1n) is 7.83. The van der Waals surface area contributed by atoms with Crippen molar-refractivity contribution in [1.82, 2.24) is 19.4 Å². The Bertz CT molecular complexity index is 999. The van der Waals surface area contributed by atoms with E-state index in [1.165, 1.54) is 6.92 Å². The number of nitrogens with one attached hydrogen (secondary N) is 2. The van der Waals surface area contributed by atoms with E-state index in [1.54, 1.807) is 6.20 Å². The zero-order chi connectivity index (χ0) is 18.7. The Kier molecular flexibility index (Phi) is 5.01. The number of imidazole rings is 1. The average molecular weight is 376 g/mol. The number of halogens is 1. The normalized spacial score (nSPS) is 12.8. The van der Waals surface area contributed by atoms with Crippen molar-refractivity contribution >= 4 is 21.6 Å². The van der Waals surface area contributed by atoms with Gasteiger partial charge in [0.05, 0.1) is 23.2 Å². The molecule has 1 amide bonds. The number of amides is 1. The molecule has 1 atom stereocenters. The van der Waals surface area contributed by atoms with E-state index in [-0.39, 0.29) is 11.4 Å². The van der Waals surface area contributed by atoms with Crippen LogP contribution in [0.3, 0.4) is 0 Å². The SMILES string of the molecule is C[C@H](NS(=O)(=O)c1ccc(F)cc1)C(=O)NCc1cn2ccccc2n1. The van der Waals surface area contributed by atoms with Crippen LogP contribution in [0.5, 0.6) is 0 Å². The van der Waals surface area contributed by atoms with Gasteiger partial charge in [0.15, 0.2) is 0 Å². The maximum absolute atomic E-state index is 12.9. The largest absolute Gasteiger partial charge is 0.349 e. The van der Waals surface area contributed by atoms with Gasteiger partial charge in [-0.2, -0.15) is 4.72 Å². The van der Waals surface area contributed by atoms with Crippen LogP contribution in [0.25, 0.3) is 5.65 Å². The molecule has 0 saturated heterocycles. The molecule has 0 aliphatic heterocycles. The minimum Gasteiger partial charge on any atom is -0.349 e. The summed E-state index contributed by atoms with van der Waals surface area (Å²) in [4.78, 5) is 16.4. The molecule has 0 unspecified atom stereocenters. The van der Waals surface area contributed by atoms with Gasteiger partial charge in [0.2, 0.25) is 15.9 Å². The predicted molar refractivity (Wildman–Crippen MR) is 93.2 cm³/mol. The number of carbonyl (C=O) groups is 1. The van der Waals surface area contributed by atoms with Gasteiger partial charge in [-0.05, 0) is 43.3 Å². The first kappa shape index (κ1) is 18.0. The van der Waals surface area contributed by atoms with Crippen LogP contribution in [-0.2, 0) is 21.4 Å². The molecule has 0 spiro atoms. The first-order chi connectivity index (χ1) is 12.3. The van der Waals surface area contributed by atoms with Crippen LogP contribution < -0.4 is 10.0 Å². The molecular formula is C17H17FN4O3S. The summed E-state index contributed by atoms with van der Waals surface area (Å²) >= 11 is 0. The number of nitrogens with zero attached hydrogens (tertiary/aromatic N) is 2. The van der Waals surface area contributed by atoms with Gasteiger partial charge < -0.3 is 9.72 Å². The minimum atomic E-state index is -3.92. The van der Waals surface area contributed by atoms with E-state index in [0.717, 1.165) is 29.9 Å². The lowest BCUT2D eigenvalue weighted by Crippen LogP contribution is -2.44. The van der Waals surface area contributed by atoms with Crippen molar-refractivity contribution < 1.29 is 17.6 Å². The van der Waals surface area contributed by atoms with Gasteiger partial charge in [0.25, 0.3) is 0 Å². The second-order valence-electron chi connectivity index (χ2n) is 5.71. The van der Waals surface area contributed by atoms with Crippen LogP contribution in [0.15, 0.2) is 59.8 Å². The van der Waals surface area contributed by atoms with Crippen LogP contribution in [0.4, 0.5) is 4.39 Å². The third-order valence-corrected chi connectivity index (χ3v) is 5.26. The number of sulfonamides is 1. The van der Waals surface area contributed by atoms with Gasteiger partial charge in [-0.15, -0.1) is 0 Å². The summed E-state index contributed by atoms with van der Waals surface area (Å²) in [5, 5.41) is 2.64. The van der Waals surface area contributed by atoms with E-state index in [2.05, 4.69) is 15.0 Å². The number of hydrogen-bond acceptors (Lipinski definition) is 4. The molecule has 3 aromatic rings. The molecular weight excluding hydrogens is 359 g/mol. The molecule has 0 fully saturated rings. The smallest absolute Gasteiger partial charge is 0.241 e. The fraction of sp³-hybridized carbons (Fsp3) is 0.176. The quantitative estimate of drug-likeness (QED) is 0.681. The molecule has 0 saturated carbocycles. The Morgan fingerprint density at radius 3 is 2.65 bits per heavy atom. The summed E-state index contributed by atoms with van der Waals surface area (Å²) in [5.41, 5.74) is 1.40. The molecule has 1 aromatic carbocycles. The van der Waals surface area contributed by atoms with Crippen molar-refractivity contribution in [3.63, 3.8) is 0 Å². The van der Waals surface area contributed by atoms with Crippen LogP contribution in [0, 0.1) is 5.82 Å². The highest BCUT2D eigenvalue weighted by Gasteiger charge is 2.22. The highest BCUT2D eigenvalue weighted by atomic mass is 32.2. The highest BCUT2D eigenvalue weighted by molar-refractivity contribution is 7.89. The van der Waals surface area contributed by atoms with Gasteiger partial charge in [0, 0.05) is 12.4 Å². The lowest BCUT2D eigenvalue weighted by Gasteiger charge is -2.14. The molecule has 0 aliphatic rings. The fourth-order valence-electron chi connectivity index (χ4n) is 2.37. The lowest BCUT2D eigenvalue weighted by atomic mass is 10.3. The number of aromatic nitrogens is 2. The van der Waals surface area contributed by atoms with Crippen LogP contribution in [0.2, 0.25) is 0 Å². The van der Waals surface area contributed by atoms with Gasteiger partial charge in [-0.3, -0.25) is 4.79 Å². The summed E-state index contributed by atoms with van der Waals surface area (Å²) in [6.07, 6.45) is 3.62. The standard InChI is InChI=1S/C17H17FN4O3S/c1-12(21-26(24,25)15-7-5-13(18)6-8-15)17(23)19-10-14-11-22-9-3-2-4-16(22)20-14/h2-9,11-12,21H,10H2,1H3,(H,19,23)/t12-/m0/s1. The summed E-state index contributed by atoms with van der Waals surface area (Å²) in [6.45, 7) is 1.60. The first-order valence-corrected chi connectivity index (χ1v) is 9.32. The molecule has 136 valence electrons. The zero-order valence-corrected chi connectivity index (χ0v) is 14.7. The van der Waals surface area contributed by atoms with Crippen molar-refractivity contribution in [2.45, 2.75) is 24.4 Å². The Balaban J connectivity index is 1.61. The van der Waals surface area contributed by atoms with Crippen LogP contribution >= 0.6 is 0 Å². The molecule has 2 N–H and O–H groups in total. The molecule has 2 aromatic heterocycles. The molecule has 7 nitrogen and oxygen atoms in total. The second kappa shape index (κ2) is 7.22. The van der Waals surface area contributed by atoms with E-state index in [4.69, 9.17) is 0 Å². The van der Waals surface area contributed by atoms with Gasteiger partial charge in [0.1, 0.15) is 11.5 Å². The van der Waals surface area contributed by atoms with E-state index >= 15 is 0 Å². The summed E-state index contributed by atoms with van der Waals surface area (Å²) in [5.74, 6) is -1.03. The molecule has 26 heavy (non-hydrogen) atoms. The third-order valence-electron chi connectivity index (χ3n) is 3.71. The second-order valence-corrected chi connectivity index (χ2v) is 7.43. The molecule has 3 rings (SSSR count). The third kappa shape index (κ3) is 4.06. The zero-order valence-electron chi connectivity index (χ0n) is 13.9. The number of benzene rings is 1. The molecule has 0 bridgehead atoms. The van der Waals surface area contributed by atoms with Gasteiger partial charge in [-0.25, -0.2) is 17.8 Å². The Labute approximate surface area is 149 Å². The van der Waals surface area contributed by atoms with Crippen LogP contribution in [-0.4, -0.2) is 29.8 Å². The monoisotopic (exact) mass is 376 g/mol. The number of fused-ring (bicyclic) bond motifs is 1. The van der Waals surface area contributed by atoms with Crippen molar-refractivity contribution in [1.29, 1.82) is 0 Å². The minimum absolute atomic E-state index is 0.112. The van der Waals surface area contributed by atoms with Crippen molar-refractivity contribution in [2.24, 2.45) is 0 Å². The van der Waals surface area contributed by atoms with E-state index in [0.29, 0.717) is 5.69 Å². The molecule has 9 heteroatoms. The van der Waals surface area contributed by atoms with Gasteiger partial charge >= 0.3 is 0 Å². The summed E-state index contributed by atoms with van der Waals surface area (Å²) in [6, 6.07) is 8.93. The number of rotatable bonds is 6. The van der Waals surface area contributed by atoms with E-state index in [9.17, 15) is 17.6 Å². The highest BCUT2D eigenvalue weighted by Crippen LogP contribution is 2.10. The predicted octanol–water partition coefficient (Wildman–Crippen LogP) is 1.46. The summed E-state index contributed by atoms with van der Waals surface area (Å²) < 4.78 is 41.4. The van der Waals surface area contributed by atoms with Crippen molar-refractivity contribution in [3.8, 4) is 0 Å². The Morgan fingerprint density at radius 2 is 1.96 bits per heavy atom. The lowest BCUT2D eigenvalue weighted by molar-refractivity contribution is -0.122. The van der Waals surface area contributed by atoms with E-state index < -0.39 is 27.8 Å². The maximum Gasteiger partial charge on any atom is 0.241 e. The van der Waals surface area contributed by atoms with Gasteiger partial charge in [-0.1, -0.05) is 6.07 Å². The number of pyridine rings is 1. The topological polar surface area (TPSA) is 92.6 Å². The van der Waals surface area contributed by atoms with E-state index in [1.807, 2.05) is 28.8 Å². The number of hydrogen-bond donors (Lipinski definition) is 2. The Morgan fingerprint density at radius 1 is 1.23 bits per heavy atom. The molecule has 2 heterocycles. The molecule has 0 radical (unpaired) electrons. The van der Waals surface area contributed by atoms with Crippen molar-refractivity contribution in [3.05, 3.63) is 66.4 Å². The average Bonchev–Trinajstić information content (AvgIpc) is 3.02. The Hall–Kier alpha value is -2.78. The number of carbonyl (C=O) groups excluding carboxylic acids is 1. The molecule has 0 aliphatic carbocycles. The summed E-state index contributed by atoms with van der Waals surface area (Å²) in [7, 11) is -3.92. The maximum atomic E-state index is 12.9.